The molecule has 0 radical (unpaired) electrons. The highest BCUT2D eigenvalue weighted by Gasteiger charge is 2.15. The Morgan fingerprint density at radius 3 is 2.57 bits per heavy atom. The number of aliphatic carboxylic acids is 1. The van der Waals surface area contributed by atoms with E-state index in [-0.39, 0.29) is 0 Å². The molecule has 0 atom stereocenters. The number of nitrogens with zero attached hydrogens (tertiary/aromatic N) is 1. The zero-order chi connectivity index (χ0) is 10.6. The van der Waals surface area contributed by atoms with Gasteiger partial charge < -0.3 is 5.11 Å². The second-order valence-corrected chi connectivity index (χ2v) is 3.64. The van der Waals surface area contributed by atoms with Crippen molar-refractivity contribution in [2.75, 3.05) is 19.6 Å². The van der Waals surface area contributed by atoms with E-state index in [2.05, 4.69) is 4.90 Å². The number of hydrogen-bond donors (Lipinski definition) is 1. The molecule has 14 heavy (non-hydrogen) atoms. The smallest absolute Gasteiger partial charge is 0.328 e. The fourth-order valence-electron chi connectivity index (χ4n) is 1.57. The van der Waals surface area contributed by atoms with Crippen molar-refractivity contribution in [1.29, 1.82) is 0 Å². The van der Waals surface area contributed by atoms with Crippen LogP contribution < -0.4 is 0 Å². The number of carboxylic acid groups (broad SMARTS) is 1. The normalized spacial score (nSPS) is 19.8. The number of carboxylic acids is 1. The highest BCUT2D eigenvalue weighted by molar-refractivity contribution is 5.80. The number of carbonyl (C=O) groups is 2. The topological polar surface area (TPSA) is 57.6 Å². The summed E-state index contributed by atoms with van der Waals surface area (Å²) in [6.45, 7) is 3.96. The molecule has 1 rings (SSSR count). The van der Waals surface area contributed by atoms with Gasteiger partial charge in [-0.05, 0) is 6.92 Å². The summed E-state index contributed by atoms with van der Waals surface area (Å²) in [7, 11) is 0. The predicted octanol–water partition coefficient (Wildman–Crippen LogP) is 0.682. The minimum Gasteiger partial charge on any atom is -0.478 e. The molecule has 4 nitrogen and oxygen atoms in total. The monoisotopic (exact) mass is 197 g/mol. The summed E-state index contributed by atoms with van der Waals surface area (Å²) in [5, 5.41) is 8.51. The lowest BCUT2D eigenvalue weighted by Crippen LogP contribution is -2.34. The van der Waals surface area contributed by atoms with Crippen LogP contribution in [0.2, 0.25) is 0 Å². The van der Waals surface area contributed by atoms with E-state index in [0.717, 1.165) is 18.7 Å². The van der Waals surface area contributed by atoms with Crippen molar-refractivity contribution in [2.24, 2.45) is 0 Å². The molecule has 1 N–H and O–H groups in total. The van der Waals surface area contributed by atoms with Gasteiger partial charge >= 0.3 is 5.97 Å². The van der Waals surface area contributed by atoms with Crippen LogP contribution in [-0.4, -0.2) is 41.4 Å². The summed E-state index contributed by atoms with van der Waals surface area (Å²) in [5.41, 5.74) is 0.826. The van der Waals surface area contributed by atoms with Crippen LogP contribution in [0.5, 0.6) is 0 Å². The Kier molecular flexibility index (Phi) is 3.83. The molecular formula is C10H15NO3. The zero-order valence-corrected chi connectivity index (χ0v) is 8.32. The van der Waals surface area contributed by atoms with Gasteiger partial charge in [0.1, 0.15) is 5.78 Å². The Bertz CT molecular complexity index is 261. The third-order valence-corrected chi connectivity index (χ3v) is 2.26. The molecule has 1 aliphatic heterocycles. The number of likely N-dealkylation sites (tertiary alicyclic amines) is 1. The van der Waals surface area contributed by atoms with Crippen LogP contribution in [0.4, 0.5) is 0 Å². The minimum atomic E-state index is -0.907. The number of piperidine rings is 1. The van der Waals surface area contributed by atoms with Crippen molar-refractivity contribution in [3.63, 3.8) is 0 Å². The van der Waals surface area contributed by atoms with Crippen LogP contribution in [0, 0.1) is 0 Å². The maximum Gasteiger partial charge on any atom is 0.328 e. The minimum absolute atomic E-state index is 0.307. The predicted molar refractivity (Wildman–Crippen MR) is 52.1 cm³/mol. The van der Waals surface area contributed by atoms with Crippen LogP contribution in [0.1, 0.15) is 19.8 Å². The van der Waals surface area contributed by atoms with E-state index >= 15 is 0 Å². The molecule has 1 aliphatic rings. The standard InChI is InChI=1S/C10H15NO3/c1-8(6-10(13)14)7-11-4-2-9(12)3-5-11/h6H,2-5,7H2,1H3,(H,13,14). The van der Waals surface area contributed by atoms with Crippen LogP contribution in [0.3, 0.4) is 0 Å². The number of ketones is 1. The van der Waals surface area contributed by atoms with Crippen LogP contribution >= 0.6 is 0 Å². The molecule has 1 heterocycles. The van der Waals surface area contributed by atoms with E-state index in [0.29, 0.717) is 25.2 Å². The van der Waals surface area contributed by atoms with Gasteiger partial charge in [-0.25, -0.2) is 4.79 Å². The highest BCUT2D eigenvalue weighted by Crippen LogP contribution is 2.07. The fraction of sp³-hybridized carbons (Fsp3) is 0.600. The van der Waals surface area contributed by atoms with Crippen molar-refractivity contribution in [3.8, 4) is 0 Å². The van der Waals surface area contributed by atoms with Gasteiger partial charge in [-0.3, -0.25) is 9.69 Å². The second-order valence-electron chi connectivity index (χ2n) is 3.64. The van der Waals surface area contributed by atoms with Crippen molar-refractivity contribution in [2.45, 2.75) is 19.8 Å². The van der Waals surface area contributed by atoms with E-state index in [9.17, 15) is 9.59 Å². The summed E-state index contributed by atoms with van der Waals surface area (Å²) in [6, 6.07) is 0. The lowest BCUT2D eigenvalue weighted by Gasteiger charge is -2.25. The van der Waals surface area contributed by atoms with Gasteiger partial charge in [0.2, 0.25) is 0 Å². The van der Waals surface area contributed by atoms with Crippen molar-refractivity contribution >= 4 is 11.8 Å². The first-order chi connectivity index (χ1) is 6.58. The zero-order valence-electron chi connectivity index (χ0n) is 8.32. The third-order valence-electron chi connectivity index (χ3n) is 2.26. The molecule has 0 aromatic heterocycles. The molecule has 1 saturated heterocycles. The van der Waals surface area contributed by atoms with Gasteiger partial charge in [-0.1, -0.05) is 5.57 Å². The number of hydrogen-bond acceptors (Lipinski definition) is 3. The Morgan fingerprint density at radius 1 is 1.50 bits per heavy atom. The Balaban J connectivity index is 2.38. The molecule has 4 heteroatoms. The van der Waals surface area contributed by atoms with E-state index in [1.54, 1.807) is 6.92 Å². The van der Waals surface area contributed by atoms with Crippen LogP contribution in [0.25, 0.3) is 0 Å². The summed E-state index contributed by atoms with van der Waals surface area (Å²) < 4.78 is 0. The van der Waals surface area contributed by atoms with Crippen LogP contribution in [0.15, 0.2) is 11.6 Å². The molecule has 0 spiro atoms. The molecule has 0 aromatic carbocycles. The van der Waals surface area contributed by atoms with E-state index in [4.69, 9.17) is 5.11 Å². The largest absolute Gasteiger partial charge is 0.478 e. The van der Waals surface area contributed by atoms with Crippen LogP contribution in [-0.2, 0) is 9.59 Å². The summed E-state index contributed by atoms with van der Waals surface area (Å²) in [6.07, 6.45) is 2.41. The molecule has 0 amide bonds. The second kappa shape index (κ2) is 4.91. The SMILES string of the molecule is CC(=CC(=O)O)CN1CCC(=O)CC1. The van der Waals surface area contributed by atoms with Gasteiger partial charge in [0.15, 0.2) is 0 Å². The van der Waals surface area contributed by atoms with Gasteiger partial charge in [0.05, 0.1) is 0 Å². The van der Waals surface area contributed by atoms with Gasteiger partial charge in [-0.15, -0.1) is 0 Å². The lowest BCUT2D eigenvalue weighted by molar-refractivity contribution is -0.131. The molecule has 0 aliphatic carbocycles. The van der Waals surface area contributed by atoms with Crippen molar-refractivity contribution in [1.82, 2.24) is 4.90 Å². The Hall–Kier alpha value is -1.16. The first-order valence-corrected chi connectivity index (χ1v) is 4.72. The average molecular weight is 197 g/mol. The molecule has 78 valence electrons. The first kappa shape index (κ1) is 10.9. The quantitative estimate of drug-likeness (QED) is 0.676. The fourth-order valence-corrected chi connectivity index (χ4v) is 1.57. The van der Waals surface area contributed by atoms with E-state index < -0.39 is 5.97 Å². The number of carbonyl (C=O) groups excluding carboxylic acids is 1. The van der Waals surface area contributed by atoms with E-state index in [1.165, 1.54) is 6.08 Å². The van der Waals surface area contributed by atoms with Gasteiger partial charge in [-0.2, -0.15) is 0 Å². The summed E-state index contributed by atoms with van der Waals surface area (Å²) in [4.78, 5) is 23.4. The average Bonchev–Trinajstić information content (AvgIpc) is 2.07. The molecule has 0 saturated carbocycles. The number of Topliss-reactive ketones (excluding diaryl/α,β-unsaturated/α-hetero) is 1. The van der Waals surface area contributed by atoms with Gasteiger partial charge in [0, 0.05) is 38.6 Å². The van der Waals surface area contributed by atoms with Crippen molar-refractivity contribution in [3.05, 3.63) is 11.6 Å². The maximum absolute atomic E-state index is 10.9. The summed E-state index contributed by atoms with van der Waals surface area (Å²) in [5.74, 6) is -0.600. The number of rotatable bonds is 3. The highest BCUT2D eigenvalue weighted by atomic mass is 16.4. The van der Waals surface area contributed by atoms with Crippen molar-refractivity contribution < 1.29 is 14.7 Å². The molecular weight excluding hydrogens is 182 g/mol. The molecule has 0 bridgehead atoms. The first-order valence-electron chi connectivity index (χ1n) is 4.72. The summed E-state index contributed by atoms with van der Waals surface area (Å²) >= 11 is 0. The lowest BCUT2D eigenvalue weighted by atomic mass is 10.1. The molecule has 0 aromatic rings. The maximum atomic E-state index is 10.9. The third kappa shape index (κ3) is 3.70. The Labute approximate surface area is 83.2 Å². The molecule has 0 unspecified atom stereocenters. The van der Waals surface area contributed by atoms with Gasteiger partial charge in [0.25, 0.3) is 0 Å². The Morgan fingerprint density at radius 2 is 2.07 bits per heavy atom. The van der Waals surface area contributed by atoms with E-state index in [1.807, 2.05) is 0 Å². The molecule has 1 fully saturated rings.